The first-order chi connectivity index (χ1) is 11.7. The maximum atomic E-state index is 12.9. The third-order valence-electron chi connectivity index (χ3n) is 4.15. The first kappa shape index (κ1) is 19.2. The van der Waals surface area contributed by atoms with Gasteiger partial charge in [-0.2, -0.15) is 0 Å². The number of benzene rings is 1. The molecule has 138 valence electrons. The number of ether oxygens (including phenoxy) is 1. The average molecular weight is 347 g/mol. The molecule has 2 rings (SSSR count). The smallest absolute Gasteiger partial charge is 0.408 e. The van der Waals surface area contributed by atoms with E-state index in [0.717, 1.165) is 18.7 Å². The third kappa shape index (κ3) is 5.46. The Morgan fingerprint density at radius 3 is 2.44 bits per heavy atom. The van der Waals surface area contributed by atoms with E-state index in [1.807, 2.05) is 35.2 Å². The lowest BCUT2D eigenvalue weighted by Crippen LogP contribution is -2.55. The highest BCUT2D eigenvalue weighted by atomic mass is 16.6. The summed E-state index contributed by atoms with van der Waals surface area (Å²) in [7, 11) is 2.06. The quantitative estimate of drug-likeness (QED) is 0.912. The van der Waals surface area contributed by atoms with Crippen molar-refractivity contribution in [1.29, 1.82) is 0 Å². The number of hydrogen-bond donors (Lipinski definition) is 1. The van der Waals surface area contributed by atoms with Crippen LogP contribution in [0.1, 0.15) is 39.3 Å². The SMILES string of the molecule is C[C@@H](NC(=O)OC(C)(C)C)C(=O)N1CCN(C)CC1c1ccccc1. The minimum atomic E-state index is -0.635. The standard InChI is InChI=1S/C19H29N3O3/c1-14(20-18(24)25-19(2,3)4)17(23)22-12-11-21(5)13-16(22)15-9-7-6-8-10-15/h6-10,14,16H,11-13H2,1-5H3,(H,20,24)/t14-,16?/m1/s1. The molecule has 0 spiro atoms. The first-order valence-electron chi connectivity index (χ1n) is 8.71. The number of nitrogens with one attached hydrogen (secondary N) is 1. The number of carbonyl (C=O) groups is 2. The number of nitrogens with zero attached hydrogens (tertiary/aromatic N) is 2. The zero-order chi connectivity index (χ0) is 18.6. The van der Waals surface area contributed by atoms with Crippen molar-refractivity contribution in [2.24, 2.45) is 0 Å². The summed E-state index contributed by atoms with van der Waals surface area (Å²) >= 11 is 0. The highest BCUT2D eigenvalue weighted by molar-refractivity contribution is 5.85. The van der Waals surface area contributed by atoms with Crippen LogP contribution < -0.4 is 5.32 Å². The van der Waals surface area contributed by atoms with E-state index in [4.69, 9.17) is 4.74 Å². The molecule has 1 heterocycles. The molecule has 1 N–H and O–H groups in total. The number of amides is 2. The molecule has 0 aliphatic carbocycles. The molecule has 1 fully saturated rings. The van der Waals surface area contributed by atoms with Gasteiger partial charge in [0.25, 0.3) is 0 Å². The number of alkyl carbamates (subject to hydrolysis) is 1. The third-order valence-corrected chi connectivity index (χ3v) is 4.15. The van der Waals surface area contributed by atoms with Gasteiger partial charge in [0.05, 0.1) is 6.04 Å². The summed E-state index contributed by atoms with van der Waals surface area (Å²) in [6, 6.07) is 9.35. The van der Waals surface area contributed by atoms with Crippen LogP contribution >= 0.6 is 0 Å². The van der Waals surface area contributed by atoms with Crippen LogP contribution in [0.2, 0.25) is 0 Å². The molecule has 0 saturated carbocycles. The van der Waals surface area contributed by atoms with Crippen LogP contribution in [-0.2, 0) is 9.53 Å². The Kier molecular flexibility index (Phi) is 6.06. The van der Waals surface area contributed by atoms with Crippen LogP contribution in [0.4, 0.5) is 4.79 Å². The van der Waals surface area contributed by atoms with Gasteiger partial charge in [0.1, 0.15) is 11.6 Å². The van der Waals surface area contributed by atoms with Crippen molar-refractivity contribution in [1.82, 2.24) is 15.1 Å². The van der Waals surface area contributed by atoms with Crippen LogP contribution in [0.25, 0.3) is 0 Å². The molecular formula is C19H29N3O3. The summed E-state index contributed by atoms with van der Waals surface area (Å²) in [4.78, 5) is 28.9. The minimum Gasteiger partial charge on any atom is -0.444 e. The fraction of sp³-hybridized carbons (Fsp3) is 0.579. The van der Waals surface area contributed by atoms with Gasteiger partial charge in [0, 0.05) is 19.6 Å². The highest BCUT2D eigenvalue weighted by Gasteiger charge is 2.33. The van der Waals surface area contributed by atoms with Gasteiger partial charge in [-0.1, -0.05) is 30.3 Å². The minimum absolute atomic E-state index is 0.0182. The summed E-state index contributed by atoms with van der Waals surface area (Å²) in [5.74, 6) is -0.0900. The highest BCUT2D eigenvalue weighted by Crippen LogP contribution is 2.25. The Bertz CT molecular complexity index is 598. The molecule has 0 bridgehead atoms. The fourth-order valence-corrected chi connectivity index (χ4v) is 2.94. The zero-order valence-electron chi connectivity index (χ0n) is 15.8. The lowest BCUT2D eigenvalue weighted by atomic mass is 10.0. The lowest BCUT2D eigenvalue weighted by Gasteiger charge is -2.41. The van der Waals surface area contributed by atoms with Crippen molar-refractivity contribution in [2.45, 2.75) is 45.4 Å². The predicted molar refractivity (Wildman–Crippen MR) is 97.2 cm³/mol. The van der Waals surface area contributed by atoms with E-state index < -0.39 is 17.7 Å². The summed E-state index contributed by atoms with van der Waals surface area (Å²) in [6.07, 6.45) is -0.571. The molecule has 1 unspecified atom stereocenters. The maximum absolute atomic E-state index is 12.9. The Morgan fingerprint density at radius 2 is 1.84 bits per heavy atom. The molecule has 1 aliphatic rings. The van der Waals surface area contributed by atoms with E-state index in [2.05, 4.69) is 17.3 Å². The molecule has 1 aliphatic heterocycles. The molecule has 25 heavy (non-hydrogen) atoms. The molecule has 6 nitrogen and oxygen atoms in total. The Balaban J connectivity index is 2.08. The normalized spacial score (nSPS) is 20.0. The van der Waals surface area contributed by atoms with Crippen LogP contribution in [0.3, 0.4) is 0 Å². The number of likely N-dealkylation sites (N-methyl/N-ethyl adjacent to an activating group) is 1. The van der Waals surface area contributed by atoms with E-state index in [1.54, 1.807) is 27.7 Å². The van der Waals surface area contributed by atoms with E-state index >= 15 is 0 Å². The molecule has 2 amide bonds. The monoisotopic (exact) mass is 347 g/mol. The second kappa shape index (κ2) is 7.87. The largest absolute Gasteiger partial charge is 0.444 e. The van der Waals surface area contributed by atoms with Crippen molar-refractivity contribution < 1.29 is 14.3 Å². The number of piperazine rings is 1. The summed E-state index contributed by atoms with van der Waals surface area (Å²) < 4.78 is 5.25. The van der Waals surface area contributed by atoms with E-state index in [-0.39, 0.29) is 11.9 Å². The van der Waals surface area contributed by atoms with Gasteiger partial charge in [-0.05, 0) is 40.3 Å². The van der Waals surface area contributed by atoms with Crippen LogP contribution in [0, 0.1) is 0 Å². The molecule has 1 aromatic carbocycles. The van der Waals surface area contributed by atoms with Crippen molar-refractivity contribution in [3.8, 4) is 0 Å². The molecule has 0 radical (unpaired) electrons. The molecule has 6 heteroatoms. The van der Waals surface area contributed by atoms with Crippen molar-refractivity contribution in [2.75, 3.05) is 26.7 Å². The van der Waals surface area contributed by atoms with Crippen molar-refractivity contribution >= 4 is 12.0 Å². The van der Waals surface area contributed by atoms with Crippen LogP contribution in [0.5, 0.6) is 0 Å². The van der Waals surface area contributed by atoms with Gasteiger partial charge in [-0.25, -0.2) is 4.79 Å². The summed E-state index contributed by atoms with van der Waals surface area (Å²) in [5, 5.41) is 2.65. The zero-order valence-corrected chi connectivity index (χ0v) is 15.8. The number of carbonyl (C=O) groups excluding carboxylic acids is 2. The maximum Gasteiger partial charge on any atom is 0.408 e. The molecule has 2 atom stereocenters. The van der Waals surface area contributed by atoms with Gasteiger partial charge in [0.15, 0.2) is 0 Å². The molecule has 1 aromatic rings. The summed E-state index contributed by atoms with van der Waals surface area (Å²) in [6.45, 7) is 9.31. The van der Waals surface area contributed by atoms with Crippen LogP contribution in [-0.4, -0.2) is 60.1 Å². The van der Waals surface area contributed by atoms with Gasteiger partial charge < -0.3 is 19.9 Å². The van der Waals surface area contributed by atoms with Gasteiger partial charge in [0.2, 0.25) is 5.91 Å². The van der Waals surface area contributed by atoms with Crippen molar-refractivity contribution in [3.05, 3.63) is 35.9 Å². The molecule has 0 aromatic heterocycles. The topological polar surface area (TPSA) is 61.9 Å². The van der Waals surface area contributed by atoms with E-state index in [1.165, 1.54) is 0 Å². The van der Waals surface area contributed by atoms with E-state index in [0.29, 0.717) is 6.54 Å². The average Bonchev–Trinajstić information content (AvgIpc) is 2.53. The fourth-order valence-electron chi connectivity index (χ4n) is 2.94. The van der Waals surface area contributed by atoms with Crippen LogP contribution in [0.15, 0.2) is 30.3 Å². The second-order valence-electron chi connectivity index (χ2n) is 7.59. The lowest BCUT2D eigenvalue weighted by molar-refractivity contribution is -0.138. The molecule has 1 saturated heterocycles. The number of hydrogen-bond acceptors (Lipinski definition) is 4. The van der Waals surface area contributed by atoms with Gasteiger partial charge in [-0.3, -0.25) is 4.79 Å². The second-order valence-corrected chi connectivity index (χ2v) is 7.59. The van der Waals surface area contributed by atoms with E-state index in [9.17, 15) is 9.59 Å². The predicted octanol–water partition coefficient (Wildman–Crippen LogP) is 2.41. The Hall–Kier alpha value is -2.08. The molecular weight excluding hydrogens is 318 g/mol. The Morgan fingerprint density at radius 1 is 1.20 bits per heavy atom. The Labute approximate surface area is 150 Å². The van der Waals surface area contributed by atoms with Gasteiger partial charge >= 0.3 is 6.09 Å². The summed E-state index contributed by atoms with van der Waals surface area (Å²) in [5.41, 5.74) is 0.514. The van der Waals surface area contributed by atoms with Crippen molar-refractivity contribution in [3.63, 3.8) is 0 Å². The van der Waals surface area contributed by atoms with Gasteiger partial charge in [-0.15, -0.1) is 0 Å². The number of rotatable bonds is 3. The first-order valence-corrected chi connectivity index (χ1v) is 8.71.